The van der Waals surface area contributed by atoms with Crippen LogP contribution >= 0.6 is 11.3 Å². The van der Waals surface area contributed by atoms with Crippen LogP contribution in [0.1, 0.15) is 62.4 Å². The molecule has 7 nitrogen and oxygen atoms in total. The Bertz CT molecular complexity index is 1510. The van der Waals surface area contributed by atoms with Crippen LogP contribution in [0.4, 0.5) is 10.5 Å². The van der Waals surface area contributed by atoms with Crippen LogP contribution in [0.5, 0.6) is 5.75 Å². The quantitative estimate of drug-likeness (QED) is 0.245. The minimum absolute atomic E-state index is 0.128. The first-order chi connectivity index (χ1) is 19.6. The van der Waals surface area contributed by atoms with Gasteiger partial charge in [0.25, 0.3) is 0 Å². The predicted molar refractivity (Wildman–Crippen MR) is 160 cm³/mol. The lowest BCUT2D eigenvalue weighted by Gasteiger charge is -2.30. The summed E-state index contributed by atoms with van der Waals surface area (Å²) in [6.45, 7) is 3.58. The lowest BCUT2D eigenvalue weighted by atomic mass is 9.92. The van der Waals surface area contributed by atoms with Crippen molar-refractivity contribution in [1.82, 2.24) is 14.9 Å². The van der Waals surface area contributed by atoms with E-state index in [1.165, 1.54) is 47.8 Å². The maximum atomic E-state index is 12.4. The van der Waals surface area contributed by atoms with Crippen LogP contribution in [0.25, 0.3) is 33.4 Å². The van der Waals surface area contributed by atoms with E-state index in [1.54, 1.807) is 11.3 Å². The zero-order valence-corrected chi connectivity index (χ0v) is 23.8. The van der Waals surface area contributed by atoms with Crippen LogP contribution in [-0.2, 0) is 4.74 Å². The van der Waals surface area contributed by atoms with E-state index in [-0.39, 0.29) is 12.1 Å². The third kappa shape index (κ3) is 4.99. The number of thiazole rings is 1. The highest BCUT2D eigenvalue weighted by Gasteiger charge is 2.29. The SMILES string of the molecule is Cc1nc(-c2c(-c3ccc(NC(=O)NC4CCC4)cc3)n(C3CCC3)c3cc(OC4CCOCC4)ccc23)cs1. The monoisotopic (exact) mass is 556 g/mol. The van der Waals surface area contributed by atoms with Gasteiger partial charge in [0.1, 0.15) is 11.9 Å². The van der Waals surface area contributed by atoms with Gasteiger partial charge in [-0.3, -0.25) is 0 Å². The van der Waals surface area contributed by atoms with Crippen LogP contribution < -0.4 is 15.4 Å². The molecule has 7 rings (SSSR count). The predicted octanol–water partition coefficient (Wildman–Crippen LogP) is 7.70. The Labute approximate surface area is 238 Å². The molecule has 2 saturated carbocycles. The van der Waals surface area contributed by atoms with Gasteiger partial charge in [-0.25, -0.2) is 9.78 Å². The highest BCUT2D eigenvalue weighted by atomic mass is 32.1. The molecule has 3 heterocycles. The molecule has 2 N–H and O–H groups in total. The third-order valence-electron chi connectivity index (χ3n) is 8.62. The molecule has 4 aromatic rings. The van der Waals surface area contributed by atoms with Crippen molar-refractivity contribution in [1.29, 1.82) is 0 Å². The van der Waals surface area contributed by atoms with E-state index in [9.17, 15) is 4.79 Å². The zero-order valence-electron chi connectivity index (χ0n) is 22.9. The molecule has 2 aliphatic carbocycles. The molecule has 0 spiro atoms. The summed E-state index contributed by atoms with van der Waals surface area (Å²) >= 11 is 1.68. The Morgan fingerprint density at radius 3 is 2.45 bits per heavy atom. The average molecular weight is 557 g/mol. The van der Waals surface area contributed by atoms with Gasteiger partial charge < -0.3 is 24.7 Å². The summed E-state index contributed by atoms with van der Waals surface area (Å²) in [6, 6.07) is 15.5. The van der Waals surface area contributed by atoms with Crippen LogP contribution in [0.3, 0.4) is 0 Å². The first kappa shape index (κ1) is 25.6. The van der Waals surface area contributed by atoms with Gasteiger partial charge in [0.05, 0.1) is 35.1 Å². The number of rotatable bonds is 7. The number of ether oxygens (including phenoxy) is 2. The number of carbonyl (C=O) groups excluding carboxylic acids is 1. The van der Waals surface area contributed by atoms with Gasteiger partial charge in [0, 0.05) is 53.0 Å². The van der Waals surface area contributed by atoms with Gasteiger partial charge >= 0.3 is 6.03 Å². The second-order valence-corrected chi connectivity index (χ2v) is 12.4. The Kier molecular flexibility index (Phi) is 6.97. The van der Waals surface area contributed by atoms with Crippen LogP contribution in [-0.4, -0.2) is 40.9 Å². The van der Waals surface area contributed by atoms with E-state index in [0.717, 1.165) is 66.6 Å². The summed E-state index contributed by atoms with van der Waals surface area (Å²) in [5.41, 5.74) is 6.50. The lowest BCUT2D eigenvalue weighted by Crippen LogP contribution is -2.41. The number of hydrogen-bond acceptors (Lipinski definition) is 5. The summed E-state index contributed by atoms with van der Waals surface area (Å²) in [5, 5.41) is 10.5. The number of carbonyl (C=O) groups is 1. The van der Waals surface area contributed by atoms with Gasteiger partial charge in [-0.2, -0.15) is 0 Å². The molecule has 3 fully saturated rings. The maximum absolute atomic E-state index is 12.4. The number of fused-ring (bicyclic) bond motifs is 1. The molecule has 0 bridgehead atoms. The van der Waals surface area contributed by atoms with Gasteiger partial charge in [0.15, 0.2) is 0 Å². The largest absolute Gasteiger partial charge is 0.490 e. The summed E-state index contributed by atoms with van der Waals surface area (Å²) in [4.78, 5) is 17.4. The fraction of sp³-hybridized carbons (Fsp3) is 0.438. The van der Waals surface area contributed by atoms with Gasteiger partial charge in [-0.1, -0.05) is 12.1 Å². The number of hydrogen-bond donors (Lipinski definition) is 2. The van der Waals surface area contributed by atoms with Crippen molar-refractivity contribution in [2.45, 2.75) is 76.5 Å². The fourth-order valence-corrected chi connectivity index (χ4v) is 6.62. The zero-order chi connectivity index (χ0) is 27.1. The lowest BCUT2D eigenvalue weighted by molar-refractivity contribution is 0.0256. The molecule has 2 amide bonds. The normalized spacial score (nSPS) is 18.3. The van der Waals surface area contributed by atoms with Crippen molar-refractivity contribution in [2.75, 3.05) is 18.5 Å². The van der Waals surface area contributed by atoms with Crippen LogP contribution in [0.15, 0.2) is 47.8 Å². The molecule has 2 aromatic heterocycles. The molecular weight excluding hydrogens is 520 g/mol. The number of aromatic nitrogens is 2. The summed E-state index contributed by atoms with van der Waals surface area (Å²) in [6.07, 6.45) is 8.95. The number of benzene rings is 2. The van der Waals surface area contributed by atoms with E-state index in [0.29, 0.717) is 12.1 Å². The average Bonchev–Trinajstić information content (AvgIpc) is 3.47. The van der Waals surface area contributed by atoms with E-state index >= 15 is 0 Å². The molecule has 1 aliphatic heterocycles. The molecule has 0 atom stereocenters. The van der Waals surface area contributed by atoms with Crippen molar-refractivity contribution < 1.29 is 14.3 Å². The van der Waals surface area contributed by atoms with Crippen LogP contribution in [0, 0.1) is 6.92 Å². The van der Waals surface area contributed by atoms with Crippen molar-refractivity contribution >= 4 is 34.0 Å². The van der Waals surface area contributed by atoms with Crippen molar-refractivity contribution in [3.8, 4) is 28.3 Å². The third-order valence-corrected chi connectivity index (χ3v) is 9.39. The second-order valence-electron chi connectivity index (χ2n) is 11.3. The minimum Gasteiger partial charge on any atom is -0.490 e. The summed E-state index contributed by atoms with van der Waals surface area (Å²) in [7, 11) is 0. The molecule has 0 unspecified atom stereocenters. The maximum Gasteiger partial charge on any atom is 0.319 e. The number of nitrogens with zero attached hydrogens (tertiary/aromatic N) is 2. The van der Waals surface area contributed by atoms with Gasteiger partial charge in [-0.15, -0.1) is 11.3 Å². The number of urea groups is 1. The van der Waals surface area contributed by atoms with E-state index < -0.39 is 0 Å². The second kappa shape index (κ2) is 10.9. The first-order valence-electron chi connectivity index (χ1n) is 14.6. The fourth-order valence-electron chi connectivity index (χ4n) is 6.01. The molecule has 8 heteroatoms. The van der Waals surface area contributed by atoms with Crippen LogP contribution in [0.2, 0.25) is 0 Å². The van der Waals surface area contributed by atoms with Crippen molar-refractivity contribution in [3.63, 3.8) is 0 Å². The van der Waals surface area contributed by atoms with Gasteiger partial charge in [0.2, 0.25) is 0 Å². The Morgan fingerprint density at radius 2 is 1.80 bits per heavy atom. The molecule has 40 heavy (non-hydrogen) atoms. The number of nitrogens with one attached hydrogen (secondary N) is 2. The number of aryl methyl sites for hydroxylation is 1. The Hall–Kier alpha value is -3.36. The summed E-state index contributed by atoms with van der Waals surface area (Å²) < 4.78 is 14.5. The molecule has 2 aromatic carbocycles. The van der Waals surface area contributed by atoms with E-state index in [1.807, 2.05) is 12.1 Å². The molecule has 1 saturated heterocycles. The number of anilines is 1. The first-order valence-corrected chi connectivity index (χ1v) is 15.5. The topological polar surface area (TPSA) is 77.4 Å². The molecule has 0 radical (unpaired) electrons. The Balaban J connectivity index is 1.29. The molecular formula is C32H36N4O3S. The summed E-state index contributed by atoms with van der Waals surface area (Å²) in [5.74, 6) is 0.919. The smallest absolute Gasteiger partial charge is 0.319 e. The molecule has 208 valence electrons. The van der Waals surface area contributed by atoms with Crippen molar-refractivity contribution in [3.05, 3.63) is 52.9 Å². The Morgan fingerprint density at radius 1 is 1.02 bits per heavy atom. The minimum atomic E-state index is -0.128. The van der Waals surface area contributed by atoms with E-state index in [2.05, 4.69) is 57.8 Å². The highest BCUT2D eigenvalue weighted by molar-refractivity contribution is 7.09. The standard InChI is InChI=1S/C32H36N4O3S/c1-20-33-28(19-40-20)30-27-13-12-26(39-25-14-16-38-17-15-25)18-29(27)36(24-6-3-7-24)31(30)21-8-10-23(11-9-21)35-32(37)34-22-4-2-5-22/h8-13,18-19,22,24-25H,2-7,14-17H2,1H3,(H2,34,35,37). The van der Waals surface area contributed by atoms with Crippen molar-refractivity contribution in [2.24, 2.45) is 0 Å². The molecule has 3 aliphatic rings. The highest BCUT2D eigenvalue weighted by Crippen LogP contribution is 2.47. The van der Waals surface area contributed by atoms with Gasteiger partial charge in [-0.05, 0) is 75.3 Å². The number of amides is 2. The van der Waals surface area contributed by atoms with E-state index in [4.69, 9.17) is 14.5 Å².